The third-order valence-electron chi connectivity index (χ3n) is 1.94. The molecule has 0 aliphatic heterocycles. The van der Waals surface area contributed by atoms with Crippen molar-refractivity contribution >= 4 is 21.9 Å². The number of esters is 1. The first-order valence-corrected chi connectivity index (χ1v) is 5.42. The van der Waals surface area contributed by atoms with E-state index >= 15 is 0 Å². The first kappa shape index (κ1) is 12.2. The average Bonchev–Trinajstić information content (AvgIpc) is 2.26. The first-order valence-electron chi connectivity index (χ1n) is 4.63. The van der Waals surface area contributed by atoms with E-state index in [9.17, 15) is 4.79 Å². The van der Waals surface area contributed by atoms with Gasteiger partial charge >= 0.3 is 5.97 Å². The van der Waals surface area contributed by atoms with E-state index < -0.39 is 0 Å². The zero-order valence-corrected chi connectivity index (χ0v) is 10.3. The van der Waals surface area contributed by atoms with Crippen LogP contribution in [0.4, 0.5) is 0 Å². The van der Waals surface area contributed by atoms with Gasteiger partial charge in [0, 0.05) is 11.1 Å². The fraction of sp³-hybridized carbons (Fsp3) is 0.364. The zero-order chi connectivity index (χ0) is 11.3. The molecule has 15 heavy (non-hydrogen) atoms. The van der Waals surface area contributed by atoms with E-state index in [4.69, 9.17) is 4.74 Å². The minimum atomic E-state index is -0.335. The number of hydrogen-bond donors (Lipinski definition) is 0. The van der Waals surface area contributed by atoms with E-state index in [1.54, 1.807) is 12.1 Å². The van der Waals surface area contributed by atoms with E-state index in [0.717, 1.165) is 10.0 Å². The lowest BCUT2D eigenvalue weighted by Gasteiger charge is -2.06. The molecule has 1 aromatic carbocycles. The van der Waals surface area contributed by atoms with Gasteiger partial charge in [-0.15, -0.1) is 0 Å². The van der Waals surface area contributed by atoms with E-state index in [0.29, 0.717) is 18.8 Å². The molecular weight excluding hydrogens is 260 g/mol. The molecule has 4 heteroatoms. The molecule has 1 aromatic rings. The van der Waals surface area contributed by atoms with Gasteiger partial charge in [-0.3, -0.25) is 0 Å². The molecule has 0 radical (unpaired) electrons. The molecular formula is C11H13BrO3. The van der Waals surface area contributed by atoms with Crippen LogP contribution in [0.3, 0.4) is 0 Å². The highest BCUT2D eigenvalue weighted by Gasteiger charge is 2.07. The lowest BCUT2D eigenvalue weighted by Crippen LogP contribution is -2.02. The Hall–Kier alpha value is -0.870. The molecule has 0 saturated heterocycles. The van der Waals surface area contributed by atoms with Crippen LogP contribution < -0.4 is 0 Å². The minimum Gasteiger partial charge on any atom is -0.465 e. The Morgan fingerprint density at radius 3 is 2.73 bits per heavy atom. The second kappa shape index (κ2) is 5.88. The predicted molar refractivity (Wildman–Crippen MR) is 60.8 cm³/mol. The molecule has 0 spiro atoms. The van der Waals surface area contributed by atoms with Crippen LogP contribution in [0, 0.1) is 0 Å². The van der Waals surface area contributed by atoms with Crippen LogP contribution >= 0.6 is 15.9 Å². The number of carbonyl (C=O) groups is 1. The van der Waals surface area contributed by atoms with Gasteiger partial charge in [0.2, 0.25) is 0 Å². The van der Waals surface area contributed by atoms with Crippen molar-refractivity contribution in [3.63, 3.8) is 0 Å². The Morgan fingerprint density at radius 1 is 1.47 bits per heavy atom. The fourth-order valence-corrected chi connectivity index (χ4v) is 1.61. The zero-order valence-electron chi connectivity index (χ0n) is 8.75. The second-order valence-corrected chi connectivity index (χ2v) is 3.79. The monoisotopic (exact) mass is 272 g/mol. The van der Waals surface area contributed by atoms with Crippen molar-refractivity contribution in [1.82, 2.24) is 0 Å². The molecule has 0 unspecified atom stereocenters. The highest BCUT2D eigenvalue weighted by atomic mass is 79.9. The Kier molecular flexibility index (Phi) is 4.78. The number of benzene rings is 1. The van der Waals surface area contributed by atoms with Crippen molar-refractivity contribution in [1.29, 1.82) is 0 Å². The summed E-state index contributed by atoms with van der Waals surface area (Å²) in [5.41, 5.74) is 1.55. The van der Waals surface area contributed by atoms with Gasteiger partial charge in [0.05, 0.1) is 19.3 Å². The summed E-state index contributed by atoms with van der Waals surface area (Å²) in [7, 11) is 1.37. The lowest BCUT2D eigenvalue weighted by molar-refractivity contribution is 0.0600. The minimum absolute atomic E-state index is 0.335. The van der Waals surface area contributed by atoms with Gasteiger partial charge in [-0.2, -0.15) is 0 Å². The fourth-order valence-electron chi connectivity index (χ4n) is 1.12. The summed E-state index contributed by atoms with van der Waals surface area (Å²) in [6.07, 6.45) is 0. The normalized spacial score (nSPS) is 10.1. The molecule has 0 aromatic heterocycles. The summed E-state index contributed by atoms with van der Waals surface area (Å²) in [4.78, 5) is 11.2. The van der Waals surface area contributed by atoms with Crippen LogP contribution in [0.1, 0.15) is 22.8 Å². The highest BCUT2D eigenvalue weighted by molar-refractivity contribution is 9.10. The average molecular weight is 273 g/mol. The Morgan fingerprint density at radius 2 is 2.20 bits per heavy atom. The number of hydrogen-bond acceptors (Lipinski definition) is 3. The van der Waals surface area contributed by atoms with Crippen molar-refractivity contribution < 1.29 is 14.3 Å². The van der Waals surface area contributed by atoms with Crippen molar-refractivity contribution in [2.24, 2.45) is 0 Å². The molecule has 82 valence electrons. The topological polar surface area (TPSA) is 35.5 Å². The molecule has 0 fully saturated rings. The second-order valence-electron chi connectivity index (χ2n) is 2.93. The van der Waals surface area contributed by atoms with E-state index in [1.807, 2.05) is 13.0 Å². The van der Waals surface area contributed by atoms with Gasteiger partial charge in [0.1, 0.15) is 0 Å². The number of halogens is 1. The predicted octanol–water partition coefficient (Wildman–Crippen LogP) is 2.77. The smallest absolute Gasteiger partial charge is 0.337 e. The molecule has 0 aliphatic rings. The van der Waals surface area contributed by atoms with Crippen molar-refractivity contribution in [2.45, 2.75) is 13.5 Å². The number of ether oxygens (including phenoxy) is 2. The van der Waals surface area contributed by atoms with Crippen LogP contribution in [0.5, 0.6) is 0 Å². The maximum atomic E-state index is 11.2. The van der Waals surface area contributed by atoms with E-state index in [-0.39, 0.29) is 5.97 Å². The summed E-state index contributed by atoms with van der Waals surface area (Å²) in [6.45, 7) is 3.15. The third-order valence-corrected chi connectivity index (χ3v) is 2.67. The van der Waals surface area contributed by atoms with Gasteiger partial charge < -0.3 is 9.47 Å². The van der Waals surface area contributed by atoms with Crippen molar-refractivity contribution in [3.05, 3.63) is 33.8 Å². The van der Waals surface area contributed by atoms with Gasteiger partial charge in [-0.25, -0.2) is 4.79 Å². The molecule has 0 atom stereocenters. The summed E-state index contributed by atoms with van der Waals surface area (Å²) >= 11 is 3.39. The van der Waals surface area contributed by atoms with E-state index in [1.165, 1.54) is 7.11 Å². The van der Waals surface area contributed by atoms with Gasteiger partial charge in [-0.05, 0) is 24.6 Å². The molecule has 1 rings (SSSR count). The summed E-state index contributed by atoms with van der Waals surface area (Å²) in [6, 6.07) is 5.32. The highest BCUT2D eigenvalue weighted by Crippen LogP contribution is 2.19. The standard InChI is InChI=1S/C11H13BrO3/c1-3-15-7-9-5-4-8(6-10(9)12)11(13)14-2/h4-6H,3,7H2,1-2H3. The van der Waals surface area contributed by atoms with Crippen LogP contribution in [0.25, 0.3) is 0 Å². The van der Waals surface area contributed by atoms with Crippen LogP contribution in [0.2, 0.25) is 0 Å². The SMILES string of the molecule is CCOCc1ccc(C(=O)OC)cc1Br. The summed E-state index contributed by atoms with van der Waals surface area (Å²) in [5.74, 6) is -0.335. The van der Waals surface area contributed by atoms with Gasteiger partial charge in [0.15, 0.2) is 0 Å². The molecule has 0 saturated carbocycles. The maximum Gasteiger partial charge on any atom is 0.337 e. The number of methoxy groups -OCH3 is 1. The Bertz CT molecular complexity index is 350. The molecule has 3 nitrogen and oxygen atoms in total. The molecule has 0 heterocycles. The summed E-state index contributed by atoms with van der Waals surface area (Å²) < 4.78 is 10.8. The third kappa shape index (κ3) is 3.32. The van der Waals surface area contributed by atoms with Gasteiger partial charge in [0.25, 0.3) is 0 Å². The van der Waals surface area contributed by atoms with Crippen LogP contribution in [-0.2, 0) is 16.1 Å². The molecule has 0 bridgehead atoms. The summed E-state index contributed by atoms with van der Waals surface area (Å²) in [5, 5.41) is 0. The number of carbonyl (C=O) groups excluding carboxylic acids is 1. The molecule has 0 aliphatic carbocycles. The number of rotatable bonds is 4. The van der Waals surface area contributed by atoms with Crippen LogP contribution in [-0.4, -0.2) is 19.7 Å². The Labute approximate surface area is 97.5 Å². The molecule has 0 amide bonds. The van der Waals surface area contributed by atoms with Crippen molar-refractivity contribution in [2.75, 3.05) is 13.7 Å². The van der Waals surface area contributed by atoms with Gasteiger partial charge in [-0.1, -0.05) is 22.0 Å². The maximum absolute atomic E-state index is 11.2. The van der Waals surface area contributed by atoms with Crippen LogP contribution in [0.15, 0.2) is 22.7 Å². The quantitative estimate of drug-likeness (QED) is 0.791. The lowest BCUT2D eigenvalue weighted by atomic mass is 10.1. The van der Waals surface area contributed by atoms with Crippen molar-refractivity contribution in [3.8, 4) is 0 Å². The first-order chi connectivity index (χ1) is 7.19. The Balaban J connectivity index is 2.83. The molecule has 0 N–H and O–H groups in total. The van der Waals surface area contributed by atoms with E-state index in [2.05, 4.69) is 20.7 Å². The largest absolute Gasteiger partial charge is 0.465 e.